The molecule has 0 bridgehead atoms. The van der Waals surface area contributed by atoms with E-state index in [4.69, 9.17) is 23.2 Å². The van der Waals surface area contributed by atoms with Crippen LogP contribution in [0, 0.1) is 12.7 Å². The van der Waals surface area contributed by atoms with E-state index in [2.05, 4.69) is 4.72 Å². The van der Waals surface area contributed by atoms with Crippen molar-refractivity contribution in [2.45, 2.75) is 11.8 Å². The SMILES string of the molecule is Cc1ccc(S(=O)(=O)Nc2c(F)cc(Cl)cc2Cl)cc1. The summed E-state index contributed by atoms with van der Waals surface area (Å²) >= 11 is 11.4. The maximum Gasteiger partial charge on any atom is 0.262 e. The van der Waals surface area contributed by atoms with Gasteiger partial charge in [-0.05, 0) is 31.2 Å². The lowest BCUT2D eigenvalue weighted by Gasteiger charge is -2.11. The predicted octanol–water partition coefficient (Wildman–Crippen LogP) is 4.24. The summed E-state index contributed by atoms with van der Waals surface area (Å²) in [6.45, 7) is 1.83. The molecule has 0 radical (unpaired) electrons. The van der Waals surface area contributed by atoms with E-state index in [9.17, 15) is 12.8 Å². The summed E-state index contributed by atoms with van der Waals surface area (Å²) in [5.74, 6) is -0.835. The molecule has 0 heterocycles. The van der Waals surface area contributed by atoms with Gasteiger partial charge in [0.25, 0.3) is 10.0 Å². The van der Waals surface area contributed by atoms with Crippen molar-refractivity contribution < 1.29 is 12.8 Å². The third kappa shape index (κ3) is 3.23. The summed E-state index contributed by atoms with van der Waals surface area (Å²) in [7, 11) is -3.91. The molecule has 1 N–H and O–H groups in total. The van der Waals surface area contributed by atoms with Crippen molar-refractivity contribution in [3.63, 3.8) is 0 Å². The van der Waals surface area contributed by atoms with Gasteiger partial charge in [-0.15, -0.1) is 0 Å². The topological polar surface area (TPSA) is 46.2 Å². The number of hydrogen-bond donors (Lipinski definition) is 1. The lowest BCUT2D eigenvalue weighted by molar-refractivity contribution is 0.598. The summed E-state index contributed by atoms with van der Waals surface area (Å²) in [6, 6.07) is 8.40. The van der Waals surface area contributed by atoms with Crippen molar-refractivity contribution in [2.75, 3.05) is 4.72 Å². The highest BCUT2D eigenvalue weighted by Gasteiger charge is 2.18. The van der Waals surface area contributed by atoms with Gasteiger partial charge in [-0.2, -0.15) is 0 Å². The van der Waals surface area contributed by atoms with Crippen molar-refractivity contribution in [1.29, 1.82) is 0 Å². The first-order chi connectivity index (χ1) is 9.29. The molecule has 2 aromatic rings. The van der Waals surface area contributed by atoms with Crippen molar-refractivity contribution in [3.8, 4) is 0 Å². The average Bonchev–Trinajstić information content (AvgIpc) is 2.34. The fraction of sp³-hybridized carbons (Fsp3) is 0.0769. The van der Waals surface area contributed by atoms with Crippen LogP contribution in [0.3, 0.4) is 0 Å². The van der Waals surface area contributed by atoms with Crippen molar-refractivity contribution >= 4 is 38.9 Å². The van der Waals surface area contributed by atoms with Gasteiger partial charge in [0, 0.05) is 5.02 Å². The Morgan fingerprint density at radius 1 is 1.10 bits per heavy atom. The molecule has 0 aliphatic carbocycles. The lowest BCUT2D eigenvalue weighted by Crippen LogP contribution is -2.14. The van der Waals surface area contributed by atoms with E-state index in [1.165, 1.54) is 18.2 Å². The number of aryl methyl sites for hydroxylation is 1. The molecule has 7 heteroatoms. The van der Waals surface area contributed by atoms with Gasteiger partial charge in [0.15, 0.2) is 0 Å². The number of sulfonamides is 1. The third-order valence-electron chi connectivity index (χ3n) is 2.57. The zero-order chi connectivity index (χ0) is 14.9. The monoisotopic (exact) mass is 333 g/mol. The van der Waals surface area contributed by atoms with E-state index >= 15 is 0 Å². The second-order valence-electron chi connectivity index (χ2n) is 4.16. The van der Waals surface area contributed by atoms with E-state index in [-0.39, 0.29) is 20.6 Å². The number of halogens is 3. The van der Waals surface area contributed by atoms with Gasteiger partial charge >= 0.3 is 0 Å². The van der Waals surface area contributed by atoms with Crippen LogP contribution < -0.4 is 4.72 Å². The Bertz CT molecular complexity index is 722. The fourth-order valence-electron chi connectivity index (χ4n) is 1.55. The quantitative estimate of drug-likeness (QED) is 0.912. The highest BCUT2D eigenvalue weighted by molar-refractivity contribution is 7.92. The van der Waals surface area contributed by atoms with E-state index in [1.807, 2.05) is 6.92 Å². The Hall–Kier alpha value is -1.30. The molecule has 0 spiro atoms. The van der Waals surface area contributed by atoms with E-state index in [0.717, 1.165) is 11.6 Å². The Labute approximate surface area is 126 Å². The molecule has 0 saturated heterocycles. The summed E-state index contributed by atoms with van der Waals surface area (Å²) in [5.41, 5.74) is 0.594. The summed E-state index contributed by atoms with van der Waals surface area (Å²) in [6.07, 6.45) is 0. The second-order valence-corrected chi connectivity index (χ2v) is 6.69. The average molecular weight is 334 g/mol. The normalized spacial score (nSPS) is 11.4. The second kappa shape index (κ2) is 5.60. The molecule has 0 saturated carbocycles. The van der Waals surface area contributed by atoms with Gasteiger partial charge < -0.3 is 0 Å². The first kappa shape index (κ1) is 15.1. The third-order valence-corrected chi connectivity index (χ3v) is 4.46. The molecular formula is C13H10Cl2FNO2S. The van der Waals surface area contributed by atoms with E-state index < -0.39 is 15.8 Å². The van der Waals surface area contributed by atoms with Crippen LogP contribution in [0.1, 0.15) is 5.56 Å². The van der Waals surface area contributed by atoms with Crippen LogP contribution in [0.4, 0.5) is 10.1 Å². The Morgan fingerprint density at radius 3 is 2.25 bits per heavy atom. The minimum absolute atomic E-state index is 0.0218. The molecule has 2 rings (SSSR count). The van der Waals surface area contributed by atoms with Crippen LogP contribution in [0.5, 0.6) is 0 Å². The van der Waals surface area contributed by atoms with Crippen molar-refractivity contribution in [2.24, 2.45) is 0 Å². The maximum absolute atomic E-state index is 13.7. The molecule has 0 atom stereocenters. The Morgan fingerprint density at radius 2 is 1.70 bits per heavy atom. The van der Waals surface area contributed by atoms with Crippen LogP contribution >= 0.6 is 23.2 Å². The summed E-state index contributed by atoms with van der Waals surface area (Å²) in [5, 5.41) is -0.0172. The zero-order valence-corrected chi connectivity index (χ0v) is 12.7. The molecule has 20 heavy (non-hydrogen) atoms. The van der Waals surface area contributed by atoms with Gasteiger partial charge in [-0.1, -0.05) is 40.9 Å². The highest BCUT2D eigenvalue weighted by atomic mass is 35.5. The van der Waals surface area contributed by atoms with Gasteiger partial charge in [0.05, 0.1) is 9.92 Å². The predicted molar refractivity (Wildman–Crippen MR) is 78.4 cm³/mol. The number of nitrogens with one attached hydrogen (secondary N) is 1. The van der Waals surface area contributed by atoms with E-state index in [0.29, 0.717) is 0 Å². The van der Waals surface area contributed by atoms with Crippen molar-refractivity contribution in [3.05, 3.63) is 57.8 Å². The van der Waals surface area contributed by atoms with Crippen LogP contribution in [-0.2, 0) is 10.0 Å². The largest absolute Gasteiger partial charge is 0.275 e. The smallest absolute Gasteiger partial charge is 0.262 e. The number of anilines is 1. The molecule has 0 fully saturated rings. The van der Waals surface area contributed by atoms with Crippen LogP contribution in [0.15, 0.2) is 41.3 Å². The standard InChI is InChI=1S/C13H10Cl2FNO2S/c1-8-2-4-10(5-3-8)20(18,19)17-13-11(15)6-9(14)7-12(13)16/h2-7,17H,1H3. The minimum Gasteiger partial charge on any atom is -0.275 e. The van der Waals surface area contributed by atoms with Crippen LogP contribution in [0.25, 0.3) is 0 Å². The Balaban J connectivity index is 2.41. The van der Waals surface area contributed by atoms with Gasteiger partial charge in [-0.3, -0.25) is 4.72 Å². The number of hydrogen-bond acceptors (Lipinski definition) is 2. The molecule has 0 amide bonds. The molecule has 0 aliphatic heterocycles. The van der Waals surface area contributed by atoms with E-state index in [1.54, 1.807) is 12.1 Å². The number of benzene rings is 2. The zero-order valence-electron chi connectivity index (χ0n) is 10.3. The molecule has 0 aromatic heterocycles. The summed E-state index contributed by atoms with van der Waals surface area (Å²) in [4.78, 5) is 0.0218. The molecular weight excluding hydrogens is 324 g/mol. The first-order valence-electron chi connectivity index (χ1n) is 5.53. The molecule has 106 valence electrons. The van der Waals surface area contributed by atoms with Gasteiger partial charge in [0.1, 0.15) is 11.5 Å². The van der Waals surface area contributed by atoms with Crippen LogP contribution in [-0.4, -0.2) is 8.42 Å². The molecule has 0 unspecified atom stereocenters. The number of rotatable bonds is 3. The van der Waals surface area contributed by atoms with Crippen LogP contribution in [0.2, 0.25) is 10.0 Å². The first-order valence-corrected chi connectivity index (χ1v) is 7.77. The molecule has 3 nitrogen and oxygen atoms in total. The molecule has 0 aliphatic rings. The summed E-state index contributed by atoms with van der Waals surface area (Å²) < 4.78 is 40.1. The Kier molecular flexibility index (Phi) is 4.22. The minimum atomic E-state index is -3.91. The van der Waals surface area contributed by atoms with Crippen molar-refractivity contribution in [1.82, 2.24) is 0 Å². The fourth-order valence-corrected chi connectivity index (χ4v) is 3.21. The van der Waals surface area contributed by atoms with Gasteiger partial charge in [-0.25, -0.2) is 12.8 Å². The lowest BCUT2D eigenvalue weighted by atomic mass is 10.2. The van der Waals surface area contributed by atoms with Gasteiger partial charge in [0.2, 0.25) is 0 Å². The maximum atomic E-state index is 13.7. The highest BCUT2D eigenvalue weighted by Crippen LogP contribution is 2.30. The molecule has 2 aromatic carbocycles.